The Morgan fingerprint density at radius 3 is 2.48 bits per heavy atom. The Balaban J connectivity index is 1.30. The molecule has 2 aliphatic carbocycles. The quantitative estimate of drug-likeness (QED) is 0.758. The van der Waals surface area contributed by atoms with Crippen molar-refractivity contribution >= 4 is 11.9 Å². The summed E-state index contributed by atoms with van der Waals surface area (Å²) in [5.41, 5.74) is 0.819. The van der Waals surface area contributed by atoms with Crippen molar-refractivity contribution in [3.63, 3.8) is 0 Å². The number of hydrogen-bond donors (Lipinski definition) is 3. The van der Waals surface area contributed by atoms with Gasteiger partial charge in [-0.3, -0.25) is 9.69 Å². The van der Waals surface area contributed by atoms with Gasteiger partial charge < -0.3 is 15.5 Å². The summed E-state index contributed by atoms with van der Waals surface area (Å²) in [5, 5.41) is 21.9. The van der Waals surface area contributed by atoms with Crippen LogP contribution < -0.4 is 5.32 Å². The topological polar surface area (TPSA) is 89.9 Å². The summed E-state index contributed by atoms with van der Waals surface area (Å²) in [6.07, 6.45) is 4.68. The van der Waals surface area contributed by atoms with Crippen LogP contribution in [-0.2, 0) is 11.3 Å². The van der Waals surface area contributed by atoms with Gasteiger partial charge in [-0.25, -0.2) is 4.79 Å². The summed E-state index contributed by atoms with van der Waals surface area (Å²) < 4.78 is 0. The number of likely N-dealkylation sites (tertiary alicyclic amines) is 1. The third kappa shape index (κ3) is 3.23. The van der Waals surface area contributed by atoms with E-state index in [2.05, 4.69) is 10.2 Å². The number of aromatic hydroxyl groups is 1. The Morgan fingerprint density at radius 2 is 1.84 bits per heavy atom. The van der Waals surface area contributed by atoms with Gasteiger partial charge in [-0.2, -0.15) is 0 Å². The van der Waals surface area contributed by atoms with E-state index in [1.807, 2.05) is 0 Å². The largest absolute Gasteiger partial charge is 0.507 e. The lowest BCUT2D eigenvalue weighted by Crippen LogP contribution is -2.36. The number of amides is 1. The summed E-state index contributed by atoms with van der Waals surface area (Å²) in [6, 6.07) is 5.12. The second-order valence-corrected chi connectivity index (χ2v) is 7.69. The third-order valence-corrected chi connectivity index (χ3v) is 5.97. The van der Waals surface area contributed by atoms with E-state index in [1.54, 1.807) is 6.07 Å². The molecule has 1 heterocycles. The number of carbonyl (C=O) groups is 2. The van der Waals surface area contributed by atoms with E-state index in [0.717, 1.165) is 31.5 Å². The van der Waals surface area contributed by atoms with E-state index in [-0.39, 0.29) is 23.1 Å². The smallest absolute Gasteiger partial charge is 0.339 e. The van der Waals surface area contributed by atoms with Crippen molar-refractivity contribution in [2.75, 3.05) is 13.1 Å². The fourth-order valence-corrected chi connectivity index (χ4v) is 4.61. The predicted octanol–water partition coefficient (Wildman–Crippen LogP) is 1.83. The molecule has 3 N–H and O–H groups in total. The molecular formula is C19H24N2O4. The molecule has 1 unspecified atom stereocenters. The summed E-state index contributed by atoms with van der Waals surface area (Å²) in [7, 11) is 0. The maximum absolute atomic E-state index is 12.4. The van der Waals surface area contributed by atoms with Crippen LogP contribution in [0.25, 0.3) is 0 Å². The second kappa shape index (κ2) is 6.33. The number of carbonyl (C=O) groups excluding carboxylic acids is 1. The van der Waals surface area contributed by atoms with Crippen molar-refractivity contribution in [2.24, 2.45) is 17.8 Å². The molecule has 4 rings (SSSR count). The number of phenols is 1. The minimum absolute atomic E-state index is 0.0596. The highest BCUT2D eigenvalue weighted by Gasteiger charge is 2.59. The molecule has 6 heteroatoms. The number of carboxylic acid groups (broad SMARTS) is 1. The minimum Gasteiger partial charge on any atom is -0.507 e. The molecule has 3 aliphatic rings. The number of carboxylic acids is 1. The van der Waals surface area contributed by atoms with Crippen LogP contribution in [-0.4, -0.2) is 46.1 Å². The van der Waals surface area contributed by atoms with Gasteiger partial charge in [-0.05, 0) is 42.4 Å². The van der Waals surface area contributed by atoms with E-state index in [1.165, 1.54) is 25.0 Å². The van der Waals surface area contributed by atoms with Crippen LogP contribution in [0.2, 0.25) is 0 Å². The molecule has 0 bridgehead atoms. The predicted molar refractivity (Wildman–Crippen MR) is 91.2 cm³/mol. The number of nitrogens with one attached hydrogen (secondary N) is 1. The zero-order chi connectivity index (χ0) is 17.6. The highest BCUT2D eigenvalue weighted by Crippen LogP contribution is 2.52. The van der Waals surface area contributed by atoms with Gasteiger partial charge in [-0.15, -0.1) is 0 Å². The SMILES string of the molecule is O=C(O)c1cc(CN2C[C@@H]3C(C(=O)NC4CCCC4)[C@@H]3C2)ccc1O. The van der Waals surface area contributed by atoms with Crippen LogP contribution in [0.5, 0.6) is 5.75 Å². The molecule has 1 aliphatic heterocycles. The van der Waals surface area contributed by atoms with Crippen molar-refractivity contribution in [1.29, 1.82) is 0 Å². The molecule has 0 aromatic heterocycles. The van der Waals surface area contributed by atoms with Crippen molar-refractivity contribution < 1.29 is 19.8 Å². The molecule has 1 saturated heterocycles. The van der Waals surface area contributed by atoms with Gasteiger partial charge in [0.15, 0.2) is 0 Å². The maximum atomic E-state index is 12.4. The zero-order valence-electron chi connectivity index (χ0n) is 14.1. The standard InChI is InChI=1S/C19H24N2O4/c22-16-6-5-11(7-13(16)19(24)25)8-21-9-14-15(10-21)17(14)18(23)20-12-3-1-2-4-12/h5-7,12,14-15,17,22H,1-4,8-10H2,(H,20,23)(H,24,25)/t14-,15+,17?. The van der Waals surface area contributed by atoms with Crippen LogP contribution in [0, 0.1) is 17.8 Å². The van der Waals surface area contributed by atoms with Crippen molar-refractivity contribution in [2.45, 2.75) is 38.3 Å². The maximum Gasteiger partial charge on any atom is 0.339 e. The van der Waals surface area contributed by atoms with Crippen LogP contribution in [0.3, 0.4) is 0 Å². The first-order chi connectivity index (χ1) is 12.0. The number of piperidine rings is 1. The van der Waals surface area contributed by atoms with Gasteiger partial charge in [-0.1, -0.05) is 18.9 Å². The number of nitrogens with zero attached hydrogens (tertiary/aromatic N) is 1. The van der Waals surface area contributed by atoms with Crippen LogP contribution in [0.4, 0.5) is 0 Å². The van der Waals surface area contributed by atoms with E-state index >= 15 is 0 Å². The van der Waals surface area contributed by atoms with Gasteiger partial charge in [0, 0.05) is 31.6 Å². The number of aromatic carboxylic acids is 1. The van der Waals surface area contributed by atoms with E-state index in [4.69, 9.17) is 5.11 Å². The molecular weight excluding hydrogens is 320 g/mol. The van der Waals surface area contributed by atoms with Crippen molar-refractivity contribution in [3.05, 3.63) is 29.3 Å². The second-order valence-electron chi connectivity index (χ2n) is 7.69. The lowest BCUT2D eigenvalue weighted by Gasteiger charge is -2.20. The molecule has 25 heavy (non-hydrogen) atoms. The summed E-state index contributed by atoms with van der Waals surface area (Å²) >= 11 is 0. The molecule has 1 amide bonds. The molecule has 0 radical (unpaired) electrons. The van der Waals surface area contributed by atoms with Crippen LogP contribution in [0.15, 0.2) is 18.2 Å². The average molecular weight is 344 g/mol. The summed E-state index contributed by atoms with van der Waals surface area (Å²) in [5.74, 6) is -0.0306. The molecule has 3 fully saturated rings. The van der Waals surface area contributed by atoms with Crippen molar-refractivity contribution in [3.8, 4) is 5.75 Å². The van der Waals surface area contributed by atoms with Gasteiger partial charge in [0.1, 0.15) is 11.3 Å². The highest BCUT2D eigenvalue weighted by molar-refractivity contribution is 5.90. The molecule has 0 spiro atoms. The molecule has 1 aromatic rings. The zero-order valence-corrected chi connectivity index (χ0v) is 14.1. The monoisotopic (exact) mass is 344 g/mol. The first-order valence-electron chi connectivity index (χ1n) is 9.11. The summed E-state index contributed by atoms with van der Waals surface area (Å²) in [4.78, 5) is 25.8. The molecule has 134 valence electrons. The van der Waals surface area contributed by atoms with Gasteiger partial charge >= 0.3 is 5.97 Å². The van der Waals surface area contributed by atoms with E-state index in [9.17, 15) is 14.7 Å². The molecule has 2 saturated carbocycles. The number of benzene rings is 1. The Bertz CT molecular complexity index is 687. The fourth-order valence-electron chi connectivity index (χ4n) is 4.61. The molecule has 1 aromatic carbocycles. The van der Waals surface area contributed by atoms with E-state index in [0.29, 0.717) is 24.4 Å². The summed E-state index contributed by atoms with van der Waals surface area (Å²) in [6.45, 7) is 2.43. The number of fused-ring (bicyclic) bond motifs is 1. The average Bonchev–Trinajstić information content (AvgIpc) is 2.93. The minimum atomic E-state index is -1.12. The van der Waals surface area contributed by atoms with Crippen molar-refractivity contribution in [1.82, 2.24) is 10.2 Å². The molecule has 3 atom stereocenters. The van der Waals surface area contributed by atoms with Gasteiger partial charge in [0.05, 0.1) is 0 Å². The Labute approximate surface area is 146 Å². The third-order valence-electron chi connectivity index (χ3n) is 5.97. The fraction of sp³-hybridized carbons (Fsp3) is 0.579. The Morgan fingerprint density at radius 1 is 1.16 bits per heavy atom. The lowest BCUT2D eigenvalue weighted by atomic mass is 10.1. The van der Waals surface area contributed by atoms with Crippen LogP contribution in [0.1, 0.15) is 41.6 Å². The Hall–Kier alpha value is -2.08. The van der Waals surface area contributed by atoms with Gasteiger partial charge in [0.2, 0.25) is 5.91 Å². The number of hydrogen-bond acceptors (Lipinski definition) is 4. The van der Waals surface area contributed by atoms with Gasteiger partial charge in [0.25, 0.3) is 0 Å². The van der Waals surface area contributed by atoms with Crippen LogP contribution >= 0.6 is 0 Å². The number of rotatable bonds is 5. The Kier molecular flexibility index (Phi) is 4.15. The van der Waals surface area contributed by atoms with E-state index < -0.39 is 5.97 Å². The highest BCUT2D eigenvalue weighted by atomic mass is 16.4. The first kappa shape index (κ1) is 16.4. The molecule has 6 nitrogen and oxygen atoms in total. The normalized spacial score (nSPS) is 28.7. The lowest BCUT2D eigenvalue weighted by molar-refractivity contribution is -0.123. The first-order valence-corrected chi connectivity index (χ1v) is 9.11.